The van der Waals surface area contributed by atoms with Gasteiger partial charge >= 0.3 is 0 Å². The van der Waals surface area contributed by atoms with E-state index in [0.717, 1.165) is 17.0 Å². The largest absolute Gasteiger partial charge is 0.489 e. The highest BCUT2D eigenvalue weighted by Crippen LogP contribution is 2.34. The maximum absolute atomic E-state index is 13.2. The van der Waals surface area contributed by atoms with Gasteiger partial charge in [-0.05, 0) is 50.3 Å². The van der Waals surface area contributed by atoms with Crippen molar-refractivity contribution in [2.45, 2.75) is 58.7 Å². The predicted octanol–water partition coefficient (Wildman–Crippen LogP) is 2.18. The number of rotatable bonds is 8. The van der Waals surface area contributed by atoms with Gasteiger partial charge in [0.2, 0.25) is 5.91 Å². The second kappa shape index (κ2) is 9.07. The van der Waals surface area contributed by atoms with Crippen molar-refractivity contribution >= 4 is 11.8 Å². The highest BCUT2D eigenvalue weighted by molar-refractivity contribution is 5.94. The van der Waals surface area contributed by atoms with E-state index in [4.69, 9.17) is 20.2 Å². The average molecular weight is 431 g/mol. The number of carbonyl (C=O) groups excluding carboxylic acids is 2. The molecule has 2 amide bonds. The highest BCUT2D eigenvalue weighted by Gasteiger charge is 2.48. The average Bonchev–Trinajstić information content (AvgIpc) is 3.23. The van der Waals surface area contributed by atoms with Crippen molar-refractivity contribution in [3.05, 3.63) is 46.8 Å². The molecule has 2 heterocycles. The van der Waals surface area contributed by atoms with Crippen LogP contribution in [0.5, 0.6) is 5.75 Å². The lowest BCUT2D eigenvalue weighted by atomic mass is 9.89. The van der Waals surface area contributed by atoms with Crippen molar-refractivity contribution in [1.82, 2.24) is 15.5 Å². The van der Waals surface area contributed by atoms with Crippen LogP contribution in [0, 0.1) is 19.8 Å². The number of nitrogens with two attached hydrogens (primary N) is 1. The van der Waals surface area contributed by atoms with Crippen molar-refractivity contribution in [3.8, 4) is 5.75 Å². The molecule has 31 heavy (non-hydrogen) atoms. The quantitative estimate of drug-likeness (QED) is 0.432. The summed E-state index contributed by atoms with van der Waals surface area (Å²) in [7, 11) is 0. The number of nitrogens with zero attached hydrogens (tertiary/aromatic N) is 2. The topological polar surface area (TPSA) is 131 Å². The lowest BCUT2D eigenvalue weighted by Crippen LogP contribution is -2.52. The zero-order valence-corrected chi connectivity index (χ0v) is 18.3. The van der Waals surface area contributed by atoms with Crippen LogP contribution in [0.4, 0.5) is 0 Å². The van der Waals surface area contributed by atoms with Gasteiger partial charge in [0.1, 0.15) is 29.7 Å². The molecule has 1 aromatic heterocycles. The minimum absolute atomic E-state index is 0.164. The first-order valence-electron chi connectivity index (χ1n) is 10.4. The fraction of sp³-hybridized carbons (Fsp3) is 0.500. The smallest absolute Gasteiger partial charge is 0.266 e. The van der Waals surface area contributed by atoms with E-state index in [1.54, 1.807) is 29.7 Å². The number of benzene rings is 1. The van der Waals surface area contributed by atoms with Crippen LogP contribution in [0.1, 0.15) is 49.3 Å². The van der Waals surface area contributed by atoms with Gasteiger partial charge < -0.3 is 19.9 Å². The van der Waals surface area contributed by atoms with Gasteiger partial charge in [0.05, 0.1) is 11.3 Å². The van der Waals surface area contributed by atoms with E-state index in [-0.39, 0.29) is 11.8 Å². The van der Waals surface area contributed by atoms with Crippen molar-refractivity contribution < 1.29 is 24.1 Å². The Bertz CT molecular complexity index is 920. The molecule has 0 spiro atoms. The van der Waals surface area contributed by atoms with Gasteiger partial charge in [-0.1, -0.05) is 31.1 Å². The van der Waals surface area contributed by atoms with Crippen molar-refractivity contribution in [2.24, 2.45) is 11.7 Å². The summed E-state index contributed by atoms with van der Waals surface area (Å²) in [5.41, 5.74) is 9.30. The Balaban J connectivity index is 1.73. The normalized spacial score (nSPS) is 19.7. The van der Waals surface area contributed by atoms with Crippen LogP contribution in [0.25, 0.3) is 0 Å². The number of carbonyl (C=O) groups is 2. The van der Waals surface area contributed by atoms with E-state index in [2.05, 4.69) is 5.16 Å². The molecule has 1 fully saturated rings. The molecule has 4 N–H and O–H groups in total. The second-order valence-corrected chi connectivity index (χ2v) is 8.46. The molecule has 2 atom stereocenters. The molecule has 2 aromatic rings. The molecule has 1 saturated heterocycles. The highest BCUT2D eigenvalue weighted by atomic mass is 16.5. The fourth-order valence-corrected chi connectivity index (χ4v) is 3.94. The molecule has 9 heteroatoms. The first-order valence-corrected chi connectivity index (χ1v) is 10.4. The predicted molar refractivity (Wildman–Crippen MR) is 112 cm³/mol. The number of hydroxylamine groups is 1. The number of hydrogen-bond donors (Lipinski definition) is 3. The zero-order chi connectivity index (χ0) is 22.8. The maximum atomic E-state index is 13.2. The second-order valence-electron chi connectivity index (χ2n) is 8.46. The van der Waals surface area contributed by atoms with E-state index in [1.807, 2.05) is 27.7 Å². The Morgan fingerprint density at radius 3 is 2.58 bits per heavy atom. The van der Waals surface area contributed by atoms with E-state index < -0.39 is 17.5 Å². The molecule has 0 aliphatic carbocycles. The summed E-state index contributed by atoms with van der Waals surface area (Å²) in [6.07, 6.45) is 0.807. The molecule has 0 saturated carbocycles. The molecule has 3 rings (SSSR count). The minimum atomic E-state index is -1.23. The first-order chi connectivity index (χ1) is 14.7. The number of hydrogen-bond acceptors (Lipinski definition) is 7. The summed E-state index contributed by atoms with van der Waals surface area (Å²) in [6, 6.07) is 6.32. The monoisotopic (exact) mass is 430 g/mol. The van der Waals surface area contributed by atoms with Crippen molar-refractivity contribution in [3.63, 3.8) is 0 Å². The van der Waals surface area contributed by atoms with E-state index in [9.17, 15) is 9.59 Å². The molecule has 1 aliphatic heterocycles. The molecule has 0 radical (unpaired) electrons. The fourth-order valence-electron chi connectivity index (χ4n) is 3.94. The Labute approximate surface area is 181 Å². The van der Waals surface area contributed by atoms with Crippen molar-refractivity contribution in [1.29, 1.82) is 0 Å². The lowest BCUT2D eigenvalue weighted by Gasteiger charge is -2.30. The van der Waals surface area contributed by atoms with Gasteiger partial charge in [0.25, 0.3) is 5.91 Å². The van der Waals surface area contributed by atoms with Crippen LogP contribution in [0.2, 0.25) is 0 Å². The van der Waals surface area contributed by atoms with Gasteiger partial charge in [-0.3, -0.25) is 14.8 Å². The van der Waals surface area contributed by atoms with Gasteiger partial charge in [-0.2, -0.15) is 0 Å². The molecule has 9 nitrogen and oxygen atoms in total. The van der Waals surface area contributed by atoms with Gasteiger partial charge in [0.15, 0.2) is 0 Å². The molecule has 1 aromatic carbocycles. The van der Waals surface area contributed by atoms with E-state index in [1.165, 1.54) is 4.90 Å². The van der Waals surface area contributed by atoms with Crippen LogP contribution >= 0.6 is 0 Å². The van der Waals surface area contributed by atoms with Crippen LogP contribution in [0.15, 0.2) is 28.8 Å². The van der Waals surface area contributed by atoms with Gasteiger partial charge in [-0.15, -0.1) is 0 Å². The third-order valence-electron chi connectivity index (χ3n) is 5.81. The third-order valence-corrected chi connectivity index (χ3v) is 5.81. The van der Waals surface area contributed by atoms with E-state index in [0.29, 0.717) is 37.3 Å². The Morgan fingerprint density at radius 1 is 1.35 bits per heavy atom. The number of aromatic nitrogens is 1. The summed E-state index contributed by atoms with van der Waals surface area (Å²) in [5.74, 6) is 0.582. The first kappa shape index (κ1) is 22.8. The minimum Gasteiger partial charge on any atom is -0.489 e. The molecule has 1 aliphatic rings. The Morgan fingerprint density at radius 2 is 2.03 bits per heavy atom. The molecule has 2 unspecified atom stereocenters. The molecular formula is C22H30N4O5. The van der Waals surface area contributed by atoms with Crippen molar-refractivity contribution in [2.75, 3.05) is 6.54 Å². The molecular weight excluding hydrogens is 400 g/mol. The summed E-state index contributed by atoms with van der Waals surface area (Å²) in [4.78, 5) is 26.8. The standard InChI is InChI=1S/C22H30N4O5/c1-13(2)11-19(20(27)24-29)26-10-9-22(23,21(26)28)16-5-7-17(8-6-16)30-12-18-14(3)25-31-15(18)4/h5-8,13,19,29H,9-12,23H2,1-4H3,(H,24,27). The number of aryl methyl sites for hydroxylation is 2. The SMILES string of the molecule is Cc1noc(C)c1COc1ccc(C2(N)CCN(C(CC(C)C)C(=O)NO)C2=O)cc1. The maximum Gasteiger partial charge on any atom is 0.266 e. The van der Waals surface area contributed by atoms with Crippen LogP contribution in [0.3, 0.4) is 0 Å². The summed E-state index contributed by atoms with van der Waals surface area (Å²) in [6.45, 7) is 8.27. The van der Waals surface area contributed by atoms with E-state index >= 15 is 0 Å². The van der Waals surface area contributed by atoms with Crippen LogP contribution in [-0.4, -0.2) is 39.7 Å². The summed E-state index contributed by atoms with van der Waals surface area (Å²) < 4.78 is 11.0. The number of ether oxygens (including phenoxy) is 1. The lowest BCUT2D eigenvalue weighted by molar-refractivity contribution is -0.144. The zero-order valence-electron chi connectivity index (χ0n) is 18.3. The summed E-state index contributed by atoms with van der Waals surface area (Å²) >= 11 is 0. The third kappa shape index (κ3) is 4.57. The van der Waals surface area contributed by atoms with Crippen LogP contribution < -0.4 is 16.0 Å². The number of nitrogens with one attached hydrogen (secondary N) is 1. The molecule has 0 bridgehead atoms. The summed E-state index contributed by atoms with van der Waals surface area (Å²) in [5, 5.41) is 13.0. The molecule has 168 valence electrons. The van der Waals surface area contributed by atoms with Crippen LogP contribution in [-0.2, 0) is 21.7 Å². The Kier molecular flexibility index (Phi) is 6.66. The number of likely N-dealkylation sites (tertiary alicyclic amines) is 1. The number of amides is 2. The van der Waals surface area contributed by atoms with Gasteiger partial charge in [0, 0.05) is 6.54 Å². The van der Waals surface area contributed by atoms with Gasteiger partial charge in [-0.25, -0.2) is 5.48 Å². The Hall–Kier alpha value is -2.91.